The van der Waals surface area contributed by atoms with E-state index < -0.39 is 5.54 Å². The number of carbonyl (C=O) groups excluding carboxylic acids is 1. The summed E-state index contributed by atoms with van der Waals surface area (Å²) >= 11 is 0. The number of hydrogen-bond acceptors (Lipinski definition) is 2. The molecule has 1 aromatic carbocycles. The second kappa shape index (κ2) is 3.79. The van der Waals surface area contributed by atoms with Crippen molar-refractivity contribution in [3.05, 3.63) is 29.1 Å². The molecule has 1 aliphatic carbocycles. The van der Waals surface area contributed by atoms with Gasteiger partial charge in [0.15, 0.2) is 0 Å². The maximum absolute atomic E-state index is 14.1. The Labute approximate surface area is 106 Å². The highest BCUT2D eigenvalue weighted by molar-refractivity contribution is 6.02. The van der Waals surface area contributed by atoms with Crippen LogP contribution in [0.1, 0.15) is 49.7 Å². The zero-order chi connectivity index (χ0) is 12.9. The lowest BCUT2D eigenvalue weighted by molar-refractivity contribution is -0.116. The van der Waals surface area contributed by atoms with Gasteiger partial charge in [0.25, 0.3) is 0 Å². The second-order valence-electron chi connectivity index (χ2n) is 5.50. The van der Waals surface area contributed by atoms with Crippen LogP contribution in [-0.4, -0.2) is 5.91 Å². The van der Waals surface area contributed by atoms with Crippen molar-refractivity contribution in [3.8, 4) is 0 Å². The molecule has 18 heavy (non-hydrogen) atoms. The van der Waals surface area contributed by atoms with Crippen molar-refractivity contribution in [1.82, 2.24) is 0 Å². The predicted octanol–water partition coefficient (Wildman–Crippen LogP) is 2.61. The number of amides is 1. The van der Waals surface area contributed by atoms with E-state index in [0.717, 1.165) is 36.8 Å². The molecule has 0 saturated heterocycles. The van der Waals surface area contributed by atoms with Crippen LogP contribution < -0.4 is 11.1 Å². The Kier molecular flexibility index (Phi) is 2.45. The van der Waals surface area contributed by atoms with E-state index in [0.29, 0.717) is 5.69 Å². The number of halogens is 1. The molecular weight excluding hydrogens is 231 g/mol. The minimum atomic E-state index is -0.415. The van der Waals surface area contributed by atoms with E-state index in [1.165, 1.54) is 6.07 Å². The first-order valence-electron chi connectivity index (χ1n) is 6.45. The van der Waals surface area contributed by atoms with Gasteiger partial charge in [-0.15, -0.1) is 0 Å². The summed E-state index contributed by atoms with van der Waals surface area (Å²) < 4.78 is 14.1. The summed E-state index contributed by atoms with van der Waals surface area (Å²) in [6.45, 7) is 1.79. The van der Waals surface area contributed by atoms with E-state index in [4.69, 9.17) is 5.73 Å². The second-order valence-corrected chi connectivity index (χ2v) is 5.50. The van der Waals surface area contributed by atoms with Crippen molar-refractivity contribution in [3.63, 3.8) is 0 Å². The van der Waals surface area contributed by atoms with Crippen LogP contribution in [0, 0.1) is 5.82 Å². The van der Waals surface area contributed by atoms with Gasteiger partial charge in [-0.1, -0.05) is 18.9 Å². The van der Waals surface area contributed by atoms with E-state index in [1.807, 2.05) is 6.07 Å². The first-order chi connectivity index (χ1) is 8.51. The maximum Gasteiger partial charge on any atom is 0.231 e. The van der Waals surface area contributed by atoms with Crippen LogP contribution in [0.4, 0.5) is 10.1 Å². The van der Waals surface area contributed by atoms with Gasteiger partial charge in [-0.2, -0.15) is 0 Å². The van der Waals surface area contributed by atoms with Gasteiger partial charge in [0.1, 0.15) is 5.82 Å². The number of nitrogens with one attached hydrogen (secondary N) is 1. The zero-order valence-corrected chi connectivity index (χ0v) is 10.4. The SMILES string of the molecule is CC1C(=O)Nc2c(F)cc(C3(N)CCCC3)cc21. The molecule has 96 valence electrons. The Morgan fingerprint density at radius 1 is 1.39 bits per heavy atom. The number of fused-ring (bicyclic) bond motifs is 1. The molecular formula is C14H17FN2O. The first-order valence-corrected chi connectivity index (χ1v) is 6.45. The molecule has 0 aromatic heterocycles. The molecule has 3 rings (SSSR count). The molecule has 2 aliphatic rings. The highest BCUT2D eigenvalue weighted by Crippen LogP contribution is 2.41. The van der Waals surface area contributed by atoms with Gasteiger partial charge < -0.3 is 11.1 Å². The Bertz CT molecular complexity index is 521. The minimum absolute atomic E-state index is 0.140. The van der Waals surface area contributed by atoms with Crippen LogP contribution >= 0.6 is 0 Å². The first kappa shape index (κ1) is 11.7. The van der Waals surface area contributed by atoms with Crippen molar-refractivity contribution < 1.29 is 9.18 Å². The van der Waals surface area contributed by atoms with Gasteiger partial charge in [0.2, 0.25) is 5.91 Å². The van der Waals surface area contributed by atoms with Gasteiger partial charge in [0, 0.05) is 5.54 Å². The molecule has 1 fully saturated rings. The van der Waals surface area contributed by atoms with Crippen LogP contribution in [-0.2, 0) is 10.3 Å². The lowest BCUT2D eigenvalue weighted by Crippen LogP contribution is -2.33. The van der Waals surface area contributed by atoms with E-state index in [9.17, 15) is 9.18 Å². The summed E-state index contributed by atoms with van der Waals surface area (Å²) in [6.07, 6.45) is 3.95. The molecule has 1 heterocycles. The van der Waals surface area contributed by atoms with Crippen LogP contribution in [0.3, 0.4) is 0 Å². The summed E-state index contributed by atoms with van der Waals surface area (Å²) in [5.74, 6) is -0.796. The Balaban J connectivity index is 2.10. The van der Waals surface area contributed by atoms with E-state index in [-0.39, 0.29) is 17.6 Å². The summed E-state index contributed by atoms with van der Waals surface area (Å²) in [5.41, 5.74) is 7.84. The van der Waals surface area contributed by atoms with E-state index >= 15 is 0 Å². The number of anilines is 1. The smallest absolute Gasteiger partial charge is 0.231 e. The lowest BCUT2D eigenvalue weighted by atomic mass is 9.86. The molecule has 1 aromatic rings. The maximum atomic E-state index is 14.1. The molecule has 1 unspecified atom stereocenters. The monoisotopic (exact) mass is 248 g/mol. The van der Waals surface area contributed by atoms with E-state index in [1.54, 1.807) is 6.92 Å². The Morgan fingerprint density at radius 2 is 2.06 bits per heavy atom. The van der Waals surface area contributed by atoms with Crippen LogP contribution in [0.2, 0.25) is 0 Å². The molecule has 3 N–H and O–H groups in total. The van der Waals surface area contributed by atoms with Crippen LogP contribution in [0.25, 0.3) is 0 Å². The summed E-state index contributed by atoms with van der Waals surface area (Å²) in [5, 5.41) is 2.59. The molecule has 3 nitrogen and oxygen atoms in total. The van der Waals surface area contributed by atoms with Gasteiger partial charge in [-0.3, -0.25) is 4.79 Å². The fourth-order valence-corrected chi connectivity index (χ4v) is 3.06. The molecule has 1 saturated carbocycles. The Hall–Kier alpha value is -1.42. The number of hydrogen-bond donors (Lipinski definition) is 2. The van der Waals surface area contributed by atoms with E-state index in [2.05, 4.69) is 5.32 Å². The standard InChI is InChI=1S/C14H17FN2O/c1-8-10-6-9(14(16)4-2-3-5-14)7-11(15)12(10)17-13(8)18/h6-8H,2-5,16H2,1H3,(H,17,18). The molecule has 1 amide bonds. The molecule has 0 spiro atoms. The summed E-state index contributed by atoms with van der Waals surface area (Å²) in [4.78, 5) is 11.6. The average Bonchev–Trinajstić information content (AvgIpc) is 2.88. The summed E-state index contributed by atoms with van der Waals surface area (Å²) in [7, 11) is 0. The van der Waals surface area contributed by atoms with Crippen molar-refractivity contribution in [2.45, 2.75) is 44.1 Å². The van der Waals surface area contributed by atoms with Gasteiger partial charge in [-0.05, 0) is 37.0 Å². The average molecular weight is 248 g/mol. The fraction of sp³-hybridized carbons (Fsp3) is 0.500. The number of nitrogens with two attached hydrogens (primary N) is 1. The predicted molar refractivity (Wildman–Crippen MR) is 67.8 cm³/mol. The minimum Gasteiger partial charge on any atom is -0.323 e. The fourth-order valence-electron chi connectivity index (χ4n) is 3.06. The van der Waals surface area contributed by atoms with Crippen LogP contribution in [0.5, 0.6) is 0 Å². The van der Waals surface area contributed by atoms with Gasteiger partial charge >= 0.3 is 0 Å². The molecule has 1 aliphatic heterocycles. The number of carbonyl (C=O) groups is 1. The van der Waals surface area contributed by atoms with Crippen molar-refractivity contribution in [2.75, 3.05) is 5.32 Å². The zero-order valence-electron chi connectivity index (χ0n) is 10.4. The molecule has 0 bridgehead atoms. The lowest BCUT2D eigenvalue weighted by Gasteiger charge is -2.25. The van der Waals surface area contributed by atoms with Crippen molar-refractivity contribution >= 4 is 11.6 Å². The highest BCUT2D eigenvalue weighted by atomic mass is 19.1. The molecule has 4 heteroatoms. The number of benzene rings is 1. The topological polar surface area (TPSA) is 55.1 Å². The Morgan fingerprint density at radius 3 is 2.72 bits per heavy atom. The molecule has 0 radical (unpaired) electrons. The summed E-state index contributed by atoms with van der Waals surface area (Å²) in [6, 6.07) is 3.40. The van der Waals surface area contributed by atoms with Crippen molar-refractivity contribution in [1.29, 1.82) is 0 Å². The third-order valence-corrected chi connectivity index (χ3v) is 4.30. The van der Waals surface area contributed by atoms with Gasteiger partial charge in [0.05, 0.1) is 11.6 Å². The molecule has 1 atom stereocenters. The van der Waals surface area contributed by atoms with Crippen LogP contribution in [0.15, 0.2) is 12.1 Å². The largest absolute Gasteiger partial charge is 0.323 e. The number of rotatable bonds is 1. The quantitative estimate of drug-likeness (QED) is 0.802. The third kappa shape index (κ3) is 1.56. The van der Waals surface area contributed by atoms with Crippen molar-refractivity contribution in [2.24, 2.45) is 5.73 Å². The van der Waals surface area contributed by atoms with Gasteiger partial charge in [-0.25, -0.2) is 4.39 Å². The third-order valence-electron chi connectivity index (χ3n) is 4.30. The highest BCUT2D eigenvalue weighted by Gasteiger charge is 2.35. The normalized spacial score (nSPS) is 25.1.